The van der Waals surface area contributed by atoms with Crippen LogP contribution in [0.5, 0.6) is 17.2 Å². The smallest absolute Gasteiger partial charge is 0.184 e. The van der Waals surface area contributed by atoms with Crippen molar-refractivity contribution in [2.75, 3.05) is 20.3 Å². The van der Waals surface area contributed by atoms with E-state index < -0.39 is 0 Å². The fraction of sp³-hybridized carbons (Fsp3) is 0.333. The van der Waals surface area contributed by atoms with Gasteiger partial charge in [0.25, 0.3) is 0 Å². The Labute approximate surface area is 190 Å². The third-order valence-corrected chi connectivity index (χ3v) is 4.85. The summed E-state index contributed by atoms with van der Waals surface area (Å²) in [6.07, 6.45) is 1.61. The largest absolute Gasteiger partial charge is 0.493 e. The maximum absolute atomic E-state index is 5.90. The number of nitrogens with zero attached hydrogens (tertiary/aromatic N) is 1. The summed E-state index contributed by atoms with van der Waals surface area (Å²) in [5.41, 5.74) is 10.1. The van der Waals surface area contributed by atoms with Gasteiger partial charge in [-0.1, -0.05) is 32.9 Å². The first-order valence-corrected chi connectivity index (χ1v) is 10.5. The van der Waals surface area contributed by atoms with E-state index in [2.05, 4.69) is 66.0 Å². The summed E-state index contributed by atoms with van der Waals surface area (Å²) in [5.74, 6) is 2.10. The summed E-state index contributed by atoms with van der Waals surface area (Å²) < 4.78 is 18.0. The van der Waals surface area contributed by atoms with Crippen molar-refractivity contribution in [3.63, 3.8) is 0 Å². The number of nitrogens with one attached hydrogen (secondary N) is 1. The van der Waals surface area contributed by atoms with Gasteiger partial charge in [-0.15, -0.1) is 0 Å². The van der Waals surface area contributed by atoms with Gasteiger partial charge >= 0.3 is 0 Å². The van der Waals surface area contributed by atoms with Gasteiger partial charge in [0.2, 0.25) is 0 Å². The Hall–Kier alpha value is -2.07. The predicted octanol–water partition coefficient (Wildman–Crippen LogP) is 4.22. The minimum absolute atomic E-state index is 0.107. The first-order chi connectivity index (χ1) is 13.7. The number of hydrazone groups is 1. The maximum Gasteiger partial charge on any atom is 0.184 e. The second-order valence-electron chi connectivity index (χ2n) is 7.24. The molecular weight excluding hydrogens is 501 g/mol. The number of ether oxygens (including phenoxy) is 3. The van der Waals surface area contributed by atoms with Crippen molar-refractivity contribution >= 4 is 46.1 Å². The standard InChI is InChI=1S/C21H26IN3O3S/c1-21(2,3)15-5-7-16(8-6-15)27-9-10-28-19-17(22)11-14(12-18(19)26-4)13-24-25-20(23)29/h5-8,11-13H,9-10H2,1-4H3,(H3,23,25,29). The molecular formula is C21H26IN3O3S. The van der Waals surface area contributed by atoms with Crippen LogP contribution in [-0.4, -0.2) is 31.7 Å². The fourth-order valence-electron chi connectivity index (χ4n) is 2.48. The number of hydrogen-bond donors (Lipinski definition) is 2. The monoisotopic (exact) mass is 527 g/mol. The van der Waals surface area contributed by atoms with E-state index in [0.717, 1.165) is 14.9 Å². The molecule has 8 heteroatoms. The zero-order valence-electron chi connectivity index (χ0n) is 17.0. The molecule has 2 aromatic carbocycles. The molecule has 0 radical (unpaired) electrons. The van der Waals surface area contributed by atoms with E-state index in [9.17, 15) is 0 Å². The minimum Gasteiger partial charge on any atom is -0.493 e. The van der Waals surface area contributed by atoms with Gasteiger partial charge in [-0.2, -0.15) is 5.10 Å². The Balaban J connectivity index is 1.94. The molecule has 0 bridgehead atoms. The molecule has 0 amide bonds. The highest BCUT2D eigenvalue weighted by molar-refractivity contribution is 14.1. The summed E-state index contributed by atoms with van der Waals surface area (Å²) in [4.78, 5) is 0. The van der Waals surface area contributed by atoms with Crippen LogP contribution in [0.3, 0.4) is 0 Å². The number of hydrogen-bond acceptors (Lipinski definition) is 5. The summed E-state index contributed by atoms with van der Waals surface area (Å²) in [6, 6.07) is 11.9. The summed E-state index contributed by atoms with van der Waals surface area (Å²) in [7, 11) is 1.60. The van der Waals surface area contributed by atoms with E-state index in [1.54, 1.807) is 13.3 Å². The van der Waals surface area contributed by atoms with E-state index in [4.69, 9.17) is 32.2 Å². The molecule has 0 unspecified atom stereocenters. The topological polar surface area (TPSA) is 78.1 Å². The lowest BCUT2D eigenvalue weighted by molar-refractivity contribution is 0.210. The molecule has 0 aliphatic heterocycles. The molecule has 0 fully saturated rings. The third-order valence-electron chi connectivity index (χ3n) is 3.96. The van der Waals surface area contributed by atoms with Crippen molar-refractivity contribution < 1.29 is 14.2 Å². The van der Waals surface area contributed by atoms with Crippen LogP contribution < -0.4 is 25.4 Å². The lowest BCUT2D eigenvalue weighted by Crippen LogP contribution is -2.24. The third kappa shape index (κ3) is 7.36. The number of rotatable bonds is 8. The van der Waals surface area contributed by atoms with E-state index in [0.29, 0.717) is 24.7 Å². The van der Waals surface area contributed by atoms with Crippen molar-refractivity contribution in [2.24, 2.45) is 10.8 Å². The highest BCUT2D eigenvalue weighted by atomic mass is 127. The minimum atomic E-state index is 0.107. The number of benzene rings is 2. The molecule has 156 valence electrons. The van der Waals surface area contributed by atoms with Gasteiger partial charge in [-0.3, -0.25) is 5.43 Å². The normalized spacial score (nSPS) is 11.3. The molecule has 0 atom stereocenters. The van der Waals surface area contributed by atoms with Crippen molar-refractivity contribution in [1.29, 1.82) is 0 Å². The van der Waals surface area contributed by atoms with Crippen LogP contribution in [0.15, 0.2) is 41.5 Å². The van der Waals surface area contributed by atoms with E-state index >= 15 is 0 Å². The zero-order chi connectivity index (χ0) is 21.4. The van der Waals surface area contributed by atoms with Crippen molar-refractivity contribution in [3.8, 4) is 17.2 Å². The number of methoxy groups -OCH3 is 1. The van der Waals surface area contributed by atoms with Gasteiger partial charge in [0.05, 0.1) is 16.9 Å². The number of halogens is 1. The van der Waals surface area contributed by atoms with Crippen LogP contribution in [-0.2, 0) is 5.41 Å². The molecule has 0 spiro atoms. The first-order valence-electron chi connectivity index (χ1n) is 9.03. The maximum atomic E-state index is 5.90. The molecule has 0 aromatic heterocycles. The Bertz CT molecular complexity index is 865. The predicted molar refractivity (Wildman–Crippen MR) is 129 cm³/mol. The lowest BCUT2D eigenvalue weighted by Gasteiger charge is -2.19. The van der Waals surface area contributed by atoms with E-state index in [-0.39, 0.29) is 10.5 Å². The lowest BCUT2D eigenvalue weighted by atomic mass is 9.87. The molecule has 0 saturated heterocycles. The summed E-state index contributed by atoms with van der Waals surface area (Å²) in [6.45, 7) is 7.38. The van der Waals surface area contributed by atoms with Gasteiger partial charge in [-0.25, -0.2) is 0 Å². The highest BCUT2D eigenvalue weighted by Gasteiger charge is 2.13. The average Bonchev–Trinajstić information content (AvgIpc) is 2.65. The van der Waals surface area contributed by atoms with Crippen LogP contribution in [0, 0.1) is 3.57 Å². The SMILES string of the molecule is COc1cc(C=NNC(N)=S)cc(I)c1OCCOc1ccc(C(C)(C)C)cc1. The first kappa shape index (κ1) is 23.2. The molecule has 29 heavy (non-hydrogen) atoms. The Morgan fingerprint density at radius 1 is 1.17 bits per heavy atom. The Morgan fingerprint density at radius 3 is 2.41 bits per heavy atom. The number of nitrogens with two attached hydrogens (primary N) is 1. The zero-order valence-corrected chi connectivity index (χ0v) is 20.0. The van der Waals surface area contributed by atoms with Crippen molar-refractivity contribution in [1.82, 2.24) is 5.43 Å². The van der Waals surface area contributed by atoms with Crippen molar-refractivity contribution in [3.05, 3.63) is 51.1 Å². The highest BCUT2D eigenvalue weighted by Crippen LogP contribution is 2.33. The quantitative estimate of drug-likeness (QED) is 0.176. The molecule has 0 aliphatic rings. The summed E-state index contributed by atoms with van der Waals surface area (Å²) >= 11 is 6.91. The second-order valence-corrected chi connectivity index (χ2v) is 8.84. The molecule has 2 aromatic rings. The van der Waals surface area contributed by atoms with E-state index in [1.807, 2.05) is 24.3 Å². The summed E-state index contributed by atoms with van der Waals surface area (Å²) in [5, 5.41) is 4.06. The van der Waals surface area contributed by atoms with Gasteiger partial charge in [0.15, 0.2) is 16.6 Å². The van der Waals surface area contributed by atoms with Crippen molar-refractivity contribution in [2.45, 2.75) is 26.2 Å². The van der Waals surface area contributed by atoms with Gasteiger partial charge in [-0.05, 0) is 75.6 Å². The van der Waals surface area contributed by atoms with Gasteiger partial charge < -0.3 is 19.9 Å². The molecule has 2 rings (SSSR count). The molecule has 0 saturated carbocycles. The fourth-order valence-corrected chi connectivity index (χ4v) is 3.31. The van der Waals surface area contributed by atoms with E-state index in [1.165, 1.54) is 5.56 Å². The van der Waals surface area contributed by atoms with Crippen LogP contribution in [0.2, 0.25) is 0 Å². The molecule has 6 nitrogen and oxygen atoms in total. The Morgan fingerprint density at radius 2 is 1.83 bits per heavy atom. The Kier molecular flexibility index (Phi) is 8.51. The second kappa shape index (κ2) is 10.6. The van der Waals surface area contributed by atoms with Crippen LogP contribution in [0.25, 0.3) is 0 Å². The average molecular weight is 527 g/mol. The van der Waals surface area contributed by atoms with Gasteiger partial charge in [0, 0.05) is 0 Å². The molecule has 0 aliphatic carbocycles. The molecule has 0 heterocycles. The molecule has 3 N–H and O–H groups in total. The van der Waals surface area contributed by atoms with Crippen LogP contribution >= 0.6 is 34.8 Å². The number of thiocarbonyl (C=S) groups is 1. The van der Waals surface area contributed by atoms with Crippen LogP contribution in [0.1, 0.15) is 31.9 Å². The van der Waals surface area contributed by atoms with Crippen LogP contribution in [0.4, 0.5) is 0 Å². The van der Waals surface area contributed by atoms with Gasteiger partial charge in [0.1, 0.15) is 19.0 Å².